The van der Waals surface area contributed by atoms with E-state index in [2.05, 4.69) is 26.2 Å². The summed E-state index contributed by atoms with van der Waals surface area (Å²) in [7, 11) is 3.26. The fourth-order valence-electron chi connectivity index (χ4n) is 1.37. The third-order valence-corrected chi connectivity index (χ3v) is 2.72. The lowest BCUT2D eigenvalue weighted by molar-refractivity contribution is 0.0365. The van der Waals surface area contributed by atoms with Crippen LogP contribution in [0.25, 0.3) is 0 Å². The van der Waals surface area contributed by atoms with Gasteiger partial charge in [-0.25, -0.2) is 4.98 Å². The standard InChI is InChI=1S/C11H17BrN2O3/c1-16-7-10(17-2)5-14-11-8(6-15)3-9(12)4-13-11/h3-4,10,15H,5-7H2,1-2H3,(H,13,14). The quantitative estimate of drug-likeness (QED) is 0.797. The Morgan fingerprint density at radius 1 is 1.53 bits per heavy atom. The van der Waals surface area contributed by atoms with Crippen LogP contribution in [0.4, 0.5) is 5.82 Å². The third kappa shape index (κ3) is 4.59. The Labute approximate surface area is 109 Å². The summed E-state index contributed by atoms with van der Waals surface area (Å²) in [6.45, 7) is 1.02. The van der Waals surface area contributed by atoms with Crippen molar-refractivity contribution in [3.63, 3.8) is 0 Å². The van der Waals surface area contributed by atoms with Crippen molar-refractivity contribution < 1.29 is 14.6 Å². The topological polar surface area (TPSA) is 63.6 Å². The average Bonchev–Trinajstić information content (AvgIpc) is 2.35. The molecule has 0 radical (unpaired) electrons. The van der Waals surface area contributed by atoms with Gasteiger partial charge in [0.2, 0.25) is 0 Å². The van der Waals surface area contributed by atoms with Gasteiger partial charge in [-0.3, -0.25) is 0 Å². The molecule has 2 N–H and O–H groups in total. The van der Waals surface area contributed by atoms with Crippen LogP contribution in [0.2, 0.25) is 0 Å². The molecule has 0 spiro atoms. The summed E-state index contributed by atoms with van der Waals surface area (Å²) in [5.41, 5.74) is 0.742. The molecule has 6 heteroatoms. The van der Waals surface area contributed by atoms with Gasteiger partial charge in [0.1, 0.15) is 5.82 Å². The zero-order valence-corrected chi connectivity index (χ0v) is 11.5. The molecule has 0 aliphatic rings. The summed E-state index contributed by atoms with van der Waals surface area (Å²) in [5.74, 6) is 0.661. The van der Waals surface area contributed by atoms with Gasteiger partial charge in [0.15, 0.2) is 0 Å². The Balaban J connectivity index is 2.61. The number of anilines is 1. The number of rotatable bonds is 7. The molecule has 1 aromatic rings. The van der Waals surface area contributed by atoms with Crippen molar-refractivity contribution in [2.45, 2.75) is 12.7 Å². The molecule has 0 bridgehead atoms. The molecule has 1 rings (SSSR count). The molecule has 0 saturated heterocycles. The lowest BCUT2D eigenvalue weighted by atomic mass is 10.2. The van der Waals surface area contributed by atoms with Crippen LogP contribution in [-0.2, 0) is 16.1 Å². The minimum Gasteiger partial charge on any atom is -0.392 e. The summed E-state index contributed by atoms with van der Waals surface area (Å²) < 4.78 is 11.1. The monoisotopic (exact) mass is 304 g/mol. The van der Waals surface area contributed by atoms with E-state index >= 15 is 0 Å². The molecule has 0 aliphatic carbocycles. The van der Waals surface area contributed by atoms with Crippen LogP contribution >= 0.6 is 15.9 Å². The van der Waals surface area contributed by atoms with Gasteiger partial charge >= 0.3 is 0 Å². The van der Waals surface area contributed by atoms with Crippen molar-refractivity contribution in [3.05, 3.63) is 22.3 Å². The Bertz CT molecular complexity index is 349. The van der Waals surface area contributed by atoms with Crippen molar-refractivity contribution >= 4 is 21.7 Å². The maximum absolute atomic E-state index is 9.21. The van der Waals surface area contributed by atoms with Gasteiger partial charge in [-0.05, 0) is 22.0 Å². The number of methoxy groups -OCH3 is 2. The Hall–Kier alpha value is -0.690. The van der Waals surface area contributed by atoms with Gasteiger partial charge in [-0.1, -0.05) is 0 Å². The fraction of sp³-hybridized carbons (Fsp3) is 0.545. The van der Waals surface area contributed by atoms with Gasteiger partial charge in [0, 0.05) is 37.0 Å². The highest BCUT2D eigenvalue weighted by Gasteiger charge is 2.09. The van der Waals surface area contributed by atoms with Gasteiger partial charge in [-0.2, -0.15) is 0 Å². The number of ether oxygens (including phenoxy) is 2. The first-order valence-corrected chi connectivity index (χ1v) is 6.01. The van der Waals surface area contributed by atoms with Gasteiger partial charge < -0.3 is 19.9 Å². The molecular formula is C11H17BrN2O3. The molecule has 17 heavy (non-hydrogen) atoms. The molecule has 0 fully saturated rings. The SMILES string of the molecule is COCC(CNc1ncc(Br)cc1CO)OC. The Morgan fingerprint density at radius 3 is 2.88 bits per heavy atom. The number of aliphatic hydroxyl groups is 1. The Morgan fingerprint density at radius 2 is 2.29 bits per heavy atom. The van der Waals surface area contributed by atoms with E-state index < -0.39 is 0 Å². The molecule has 1 aromatic heterocycles. The maximum atomic E-state index is 9.21. The van der Waals surface area contributed by atoms with Crippen molar-refractivity contribution in [2.75, 3.05) is 32.7 Å². The first-order chi connectivity index (χ1) is 8.21. The lowest BCUT2D eigenvalue weighted by Crippen LogP contribution is -2.27. The van der Waals surface area contributed by atoms with Crippen molar-refractivity contribution in [3.8, 4) is 0 Å². The first-order valence-electron chi connectivity index (χ1n) is 5.22. The van der Waals surface area contributed by atoms with E-state index in [1.165, 1.54) is 0 Å². The molecule has 0 saturated carbocycles. The van der Waals surface area contributed by atoms with E-state index in [4.69, 9.17) is 9.47 Å². The van der Waals surface area contributed by atoms with E-state index in [0.717, 1.165) is 10.0 Å². The molecule has 0 aromatic carbocycles. The molecule has 96 valence electrons. The highest BCUT2D eigenvalue weighted by atomic mass is 79.9. The smallest absolute Gasteiger partial charge is 0.131 e. The van der Waals surface area contributed by atoms with Crippen molar-refractivity contribution in [1.29, 1.82) is 0 Å². The minimum atomic E-state index is -0.0588. The summed E-state index contributed by atoms with van der Waals surface area (Å²) in [5, 5.41) is 12.3. The number of aliphatic hydroxyl groups excluding tert-OH is 1. The number of nitrogens with one attached hydrogen (secondary N) is 1. The number of pyridine rings is 1. The maximum Gasteiger partial charge on any atom is 0.131 e. The zero-order valence-electron chi connectivity index (χ0n) is 9.94. The lowest BCUT2D eigenvalue weighted by Gasteiger charge is -2.16. The molecule has 1 atom stereocenters. The van der Waals surface area contributed by atoms with E-state index in [9.17, 15) is 5.11 Å². The third-order valence-electron chi connectivity index (χ3n) is 2.29. The van der Waals surface area contributed by atoms with Gasteiger partial charge in [0.25, 0.3) is 0 Å². The second kappa shape index (κ2) is 7.60. The van der Waals surface area contributed by atoms with E-state index in [0.29, 0.717) is 19.0 Å². The summed E-state index contributed by atoms with van der Waals surface area (Å²) in [6.07, 6.45) is 1.64. The first kappa shape index (κ1) is 14.4. The van der Waals surface area contributed by atoms with Crippen molar-refractivity contribution in [2.24, 2.45) is 0 Å². The van der Waals surface area contributed by atoms with Crippen LogP contribution in [0.1, 0.15) is 5.56 Å². The van der Waals surface area contributed by atoms with E-state index in [1.807, 2.05) is 6.07 Å². The fourth-order valence-corrected chi connectivity index (χ4v) is 1.75. The highest BCUT2D eigenvalue weighted by Crippen LogP contribution is 2.17. The number of nitrogens with zero attached hydrogens (tertiary/aromatic N) is 1. The van der Waals surface area contributed by atoms with Crippen molar-refractivity contribution in [1.82, 2.24) is 4.98 Å². The van der Waals surface area contributed by atoms with Crippen LogP contribution < -0.4 is 5.32 Å². The van der Waals surface area contributed by atoms with Crippen LogP contribution in [-0.4, -0.2) is 43.6 Å². The van der Waals surface area contributed by atoms with Gasteiger partial charge in [0.05, 0.1) is 19.3 Å². The predicted octanol–water partition coefficient (Wildman–Crippen LogP) is 1.41. The number of aromatic nitrogens is 1. The van der Waals surface area contributed by atoms with Crippen LogP contribution in [0, 0.1) is 0 Å². The Kier molecular flexibility index (Phi) is 6.43. The molecule has 5 nitrogen and oxygen atoms in total. The molecule has 1 unspecified atom stereocenters. The largest absolute Gasteiger partial charge is 0.392 e. The number of hydrogen-bond donors (Lipinski definition) is 2. The van der Waals surface area contributed by atoms with Gasteiger partial charge in [-0.15, -0.1) is 0 Å². The normalized spacial score (nSPS) is 12.5. The average molecular weight is 305 g/mol. The predicted molar refractivity (Wildman–Crippen MR) is 69.0 cm³/mol. The summed E-state index contributed by atoms with van der Waals surface area (Å²) in [6, 6.07) is 1.83. The number of hydrogen-bond acceptors (Lipinski definition) is 5. The second-order valence-electron chi connectivity index (χ2n) is 3.51. The second-order valence-corrected chi connectivity index (χ2v) is 4.43. The summed E-state index contributed by atoms with van der Waals surface area (Å²) >= 11 is 3.31. The molecule has 1 heterocycles. The minimum absolute atomic E-state index is 0.0445. The highest BCUT2D eigenvalue weighted by molar-refractivity contribution is 9.10. The van der Waals surface area contributed by atoms with E-state index in [-0.39, 0.29) is 12.7 Å². The molecule has 0 aliphatic heterocycles. The van der Waals surface area contributed by atoms with E-state index in [1.54, 1.807) is 20.4 Å². The van der Waals surface area contributed by atoms with Crippen LogP contribution in [0.15, 0.2) is 16.7 Å². The molecular weight excluding hydrogens is 288 g/mol. The van der Waals surface area contributed by atoms with Crippen LogP contribution in [0.3, 0.4) is 0 Å². The summed E-state index contributed by atoms with van der Waals surface area (Å²) in [4.78, 5) is 4.20. The zero-order chi connectivity index (χ0) is 12.7. The number of halogens is 1. The molecule has 0 amide bonds. The van der Waals surface area contributed by atoms with Crippen LogP contribution in [0.5, 0.6) is 0 Å².